The van der Waals surface area contributed by atoms with Gasteiger partial charge >= 0.3 is 5.97 Å². The summed E-state index contributed by atoms with van der Waals surface area (Å²) < 4.78 is 5.58. The number of aryl methyl sites for hydroxylation is 1. The number of carbonyl (C=O) groups is 3. The van der Waals surface area contributed by atoms with E-state index in [1.54, 1.807) is 13.0 Å². The quantitative estimate of drug-likeness (QED) is 0.623. The fraction of sp³-hybridized carbons (Fsp3) is 0.357. The van der Waals surface area contributed by atoms with E-state index in [1.807, 2.05) is 13.0 Å². The molecule has 0 aliphatic carbocycles. The average Bonchev–Trinajstić information content (AvgIpc) is 2.61. The highest BCUT2D eigenvalue weighted by Crippen LogP contribution is 2.34. The molecule has 0 spiro atoms. The number of esters is 1. The third-order valence-corrected chi connectivity index (χ3v) is 3.52. The molecule has 0 atom stereocenters. The molecule has 1 aliphatic rings. The number of nitrogens with zero attached hydrogens (tertiary/aromatic N) is 1. The molecule has 2 rings (SSSR count). The molecule has 1 heterocycles. The molecule has 1 aromatic carbocycles. The highest BCUT2D eigenvalue weighted by molar-refractivity contribution is 9.10. The molecular weight excluding hydrogens is 326 g/mol. The topological polar surface area (TPSA) is 63.7 Å². The molecule has 1 aliphatic heterocycles. The molecule has 0 saturated carbocycles. The first-order valence-corrected chi connectivity index (χ1v) is 7.07. The van der Waals surface area contributed by atoms with Crippen molar-refractivity contribution < 1.29 is 19.1 Å². The van der Waals surface area contributed by atoms with Crippen LogP contribution in [-0.2, 0) is 14.3 Å². The average molecular weight is 340 g/mol. The van der Waals surface area contributed by atoms with Gasteiger partial charge in [0.05, 0.1) is 24.3 Å². The van der Waals surface area contributed by atoms with Gasteiger partial charge in [-0.1, -0.05) is 15.9 Å². The predicted octanol–water partition coefficient (Wildman–Crippen LogP) is 2.24. The van der Waals surface area contributed by atoms with E-state index < -0.39 is 11.7 Å². The fourth-order valence-electron chi connectivity index (χ4n) is 2.26. The highest BCUT2D eigenvalue weighted by atomic mass is 79.9. The number of amides is 1. The first kappa shape index (κ1) is 14.7. The lowest BCUT2D eigenvalue weighted by atomic mass is 10.1. The van der Waals surface area contributed by atoms with Crippen molar-refractivity contribution in [3.63, 3.8) is 0 Å². The SMILES string of the molecule is CCOC(=O)CCN1C(=O)C(=O)c2cc(Br)cc(C)c21. The van der Waals surface area contributed by atoms with E-state index in [0.29, 0.717) is 17.9 Å². The molecule has 5 nitrogen and oxygen atoms in total. The van der Waals surface area contributed by atoms with E-state index in [2.05, 4.69) is 15.9 Å². The molecule has 0 radical (unpaired) electrons. The Kier molecular flexibility index (Phi) is 4.23. The van der Waals surface area contributed by atoms with Gasteiger partial charge < -0.3 is 9.64 Å². The highest BCUT2D eigenvalue weighted by Gasteiger charge is 2.37. The Balaban J connectivity index is 2.27. The van der Waals surface area contributed by atoms with Gasteiger partial charge in [-0.15, -0.1) is 0 Å². The van der Waals surface area contributed by atoms with Gasteiger partial charge in [0.1, 0.15) is 0 Å². The van der Waals surface area contributed by atoms with Gasteiger partial charge in [-0.25, -0.2) is 0 Å². The Morgan fingerprint density at radius 3 is 2.70 bits per heavy atom. The van der Waals surface area contributed by atoms with Crippen molar-refractivity contribution in [1.29, 1.82) is 0 Å². The second-order valence-electron chi connectivity index (χ2n) is 4.46. The Hall–Kier alpha value is -1.69. The van der Waals surface area contributed by atoms with Gasteiger partial charge in [0, 0.05) is 11.0 Å². The zero-order valence-electron chi connectivity index (χ0n) is 11.2. The number of Topliss-reactive ketones (excluding diaryl/α,β-unsaturated/α-hetero) is 1. The van der Waals surface area contributed by atoms with Crippen molar-refractivity contribution in [2.75, 3.05) is 18.1 Å². The van der Waals surface area contributed by atoms with Gasteiger partial charge in [-0.2, -0.15) is 0 Å². The van der Waals surface area contributed by atoms with E-state index in [0.717, 1.165) is 10.0 Å². The largest absolute Gasteiger partial charge is 0.466 e. The predicted molar refractivity (Wildman–Crippen MR) is 76.8 cm³/mol. The van der Waals surface area contributed by atoms with Crippen molar-refractivity contribution in [2.24, 2.45) is 0 Å². The van der Waals surface area contributed by atoms with Crippen LogP contribution < -0.4 is 4.90 Å². The monoisotopic (exact) mass is 339 g/mol. The van der Waals surface area contributed by atoms with Gasteiger partial charge in [0.15, 0.2) is 0 Å². The number of fused-ring (bicyclic) bond motifs is 1. The van der Waals surface area contributed by atoms with Crippen molar-refractivity contribution in [1.82, 2.24) is 0 Å². The number of ether oxygens (including phenoxy) is 1. The van der Waals surface area contributed by atoms with Crippen LogP contribution in [0.15, 0.2) is 16.6 Å². The van der Waals surface area contributed by atoms with Gasteiger partial charge in [-0.05, 0) is 31.5 Å². The Morgan fingerprint density at radius 1 is 1.35 bits per heavy atom. The van der Waals surface area contributed by atoms with Crippen molar-refractivity contribution in [2.45, 2.75) is 20.3 Å². The molecule has 1 aromatic rings. The summed E-state index contributed by atoms with van der Waals surface area (Å²) in [7, 11) is 0. The minimum atomic E-state index is -0.592. The van der Waals surface area contributed by atoms with Crippen LogP contribution in [0.25, 0.3) is 0 Å². The smallest absolute Gasteiger partial charge is 0.307 e. The van der Waals surface area contributed by atoms with Crippen molar-refractivity contribution >= 4 is 39.3 Å². The lowest BCUT2D eigenvalue weighted by Crippen LogP contribution is -2.32. The van der Waals surface area contributed by atoms with Crippen LogP contribution in [0.3, 0.4) is 0 Å². The maximum Gasteiger partial charge on any atom is 0.307 e. The molecule has 0 unspecified atom stereocenters. The molecule has 0 N–H and O–H groups in total. The van der Waals surface area contributed by atoms with Crippen LogP contribution in [0.1, 0.15) is 29.3 Å². The molecule has 1 amide bonds. The fourth-order valence-corrected chi connectivity index (χ4v) is 2.83. The lowest BCUT2D eigenvalue weighted by Gasteiger charge is -2.18. The van der Waals surface area contributed by atoms with E-state index in [9.17, 15) is 14.4 Å². The second-order valence-corrected chi connectivity index (χ2v) is 5.38. The summed E-state index contributed by atoms with van der Waals surface area (Å²) in [6.45, 7) is 4.00. The second kappa shape index (κ2) is 5.75. The molecular formula is C14H14BrNO4. The van der Waals surface area contributed by atoms with Crippen molar-refractivity contribution in [3.8, 4) is 0 Å². The van der Waals surface area contributed by atoms with Gasteiger partial charge in [0.25, 0.3) is 11.7 Å². The summed E-state index contributed by atoms with van der Waals surface area (Å²) in [5, 5.41) is 0. The number of hydrogen-bond acceptors (Lipinski definition) is 4. The number of carbonyl (C=O) groups excluding carboxylic acids is 3. The number of anilines is 1. The van der Waals surface area contributed by atoms with E-state index in [4.69, 9.17) is 4.74 Å². The Bertz CT molecular complexity index is 597. The minimum absolute atomic E-state index is 0.0712. The molecule has 0 fully saturated rings. The number of halogens is 1. The minimum Gasteiger partial charge on any atom is -0.466 e. The summed E-state index contributed by atoms with van der Waals surface area (Å²) in [4.78, 5) is 36.7. The first-order chi connectivity index (χ1) is 9.45. The Labute approximate surface area is 125 Å². The zero-order chi connectivity index (χ0) is 14.9. The van der Waals surface area contributed by atoms with Crippen LogP contribution in [0, 0.1) is 6.92 Å². The van der Waals surface area contributed by atoms with Crippen LogP contribution in [0.4, 0.5) is 5.69 Å². The maximum atomic E-state index is 12.0. The number of hydrogen-bond donors (Lipinski definition) is 0. The summed E-state index contributed by atoms with van der Waals surface area (Å²) in [5.74, 6) is -1.50. The van der Waals surface area contributed by atoms with E-state index in [-0.39, 0.29) is 18.9 Å². The van der Waals surface area contributed by atoms with E-state index >= 15 is 0 Å². The molecule has 0 saturated heterocycles. The standard InChI is InChI=1S/C14H14BrNO4/c1-3-20-11(17)4-5-16-12-8(2)6-9(15)7-10(12)13(18)14(16)19/h6-7H,3-5H2,1-2H3. The van der Waals surface area contributed by atoms with E-state index in [1.165, 1.54) is 4.90 Å². The summed E-state index contributed by atoms with van der Waals surface area (Å²) in [6.07, 6.45) is 0.0712. The molecule has 20 heavy (non-hydrogen) atoms. The molecule has 0 bridgehead atoms. The normalized spacial score (nSPS) is 13.7. The number of benzene rings is 1. The van der Waals surface area contributed by atoms with Crippen LogP contribution in [0.5, 0.6) is 0 Å². The van der Waals surface area contributed by atoms with Gasteiger partial charge in [-0.3, -0.25) is 14.4 Å². The number of ketones is 1. The molecule has 0 aromatic heterocycles. The van der Waals surface area contributed by atoms with Crippen LogP contribution in [-0.4, -0.2) is 30.8 Å². The summed E-state index contributed by atoms with van der Waals surface area (Å²) in [5.41, 5.74) is 1.79. The number of rotatable bonds is 4. The Morgan fingerprint density at radius 2 is 2.05 bits per heavy atom. The lowest BCUT2D eigenvalue weighted by molar-refractivity contribution is -0.142. The molecule has 106 valence electrons. The van der Waals surface area contributed by atoms with Gasteiger partial charge in [0.2, 0.25) is 0 Å². The summed E-state index contributed by atoms with van der Waals surface area (Å²) >= 11 is 3.31. The maximum absolute atomic E-state index is 12.0. The molecule has 6 heteroatoms. The van der Waals surface area contributed by atoms with Crippen molar-refractivity contribution in [3.05, 3.63) is 27.7 Å². The summed E-state index contributed by atoms with van der Waals surface area (Å²) in [6, 6.07) is 3.47. The third-order valence-electron chi connectivity index (χ3n) is 3.06. The first-order valence-electron chi connectivity index (χ1n) is 6.27. The van der Waals surface area contributed by atoms with Crippen LogP contribution >= 0.6 is 15.9 Å². The van der Waals surface area contributed by atoms with Crippen LogP contribution in [0.2, 0.25) is 0 Å². The third kappa shape index (κ3) is 2.60. The zero-order valence-corrected chi connectivity index (χ0v) is 12.8.